The predicted octanol–water partition coefficient (Wildman–Crippen LogP) is 4.85. The van der Waals surface area contributed by atoms with Gasteiger partial charge in [-0.1, -0.05) is 29.3 Å². The molecule has 0 unspecified atom stereocenters. The highest BCUT2D eigenvalue weighted by molar-refractivity contribution is 6.35. The molecule has 1 fully saturated rings. The molecule has 4 nitrogen and oxygen atoms in total. The molecule has 138 valence electrons. The summed E-state index contributed by atoms with van der Waals surface area (Å²) < 4.78 is 5.13. The van der Waals surface area contributed by atoms with Gasteiger partial charge in [0.25, 0.3) is 0 Å². The molecular formula is C20H22Cl2N2O2. The fraction of sp³-hybridized carbons (Fsp3) is 0.350. The quantitative estimate of drug-likeness (QED) is 0.790. The maximum absolute atomic E-state index is 12.5. The molecule has 26 heavy (non-hydrogen) atoms. The van der Waals surface area contributed by atoms with Crippen molar-refractivity contribution in [3.63, 3.8) is 0 Å². The van der Waals surface area contributed by atoms with Crippen LogP contribution in [0.25, 0.3) is 0 Å². The van der Waals surface area contributed by atoms with Crippen LogP contribution in [0.3, 0.4) is 0 Å². The van der Waals surface area contributed by atoms with E-state index in [1.54, 1.807) is 7.11 Å². The summed E-state index contributed by atoms with van der Waals surface area (Å²) in [6.07, 6.45) is 1.65. The van der Waals surface area contributed by atoms with Crippen LogP contribution >= 0.6 is 23.2 Å². The lowest BCUT2D eigenvalue weighted by atomic mass is 9.95. The summed E-state index contributed by atoms with van der Waals surface area (Å²) in [6.45, 7) is 2.41. The van der Waals surface area contributed by atoms with Gasteiger partial charge in [-0.05, 0) is 62.3 Å². The van der Waals surface area contributed by atoms with Crippen LogP contribution in [0.2, 0.25) is 10.0 Å². The molecule has 0 radical (unpaired) electrons. The Bertz CT molecular complexity index is 737. The van der Waals surface area contributed by atoms with Gasteiger partial charge in [0.2, 0.25) is 5.91 Å². The summed E-state index contributed by atoms with van der Waals surface area (Å²) in [5, 5.41) is 4.37. The average Bonchev–Trinajstić information content (AvgIpc) is 2.66. The number of hydrogen-bond donors (Lipinski definition) is 1. The largest absolute Gasteiger partial charge is 0.497 e. The number of amides is 1. The number of carbonyl (C=O) groups excluding carboxylic acids is 1. The van der Waals surface area contributed by atoms with Crippen molar-refractivity contribution in [2.75, 3.05) is 25.5 Å². The SMILES string of the molecule is COc1ccc(NC(=O)C2CCN(Cc3c(Cl)cccc3Cl)CC2)cc1. The molecule has 1 aliphatic rings. The minimum atomic E-state index is 0.0232. The Kier molecular flexibility index (Phi) is 6.41. The van der Waals surface area contributed by atoms with Crippen LogP contribution in [0.1, 0.15) is 18.4 Å². The highest BCUT2D eigenvalue weighted by Gasteiger charge is 2.25. The first-order chi connectivity index (χ1) is 12.6. The summed E-state index contributed by atoms with van der Waals surface area (Å²) in [5.41, 5.74) is 1.75. The number of piperidine rings is 1. The number of nitrogens with zero attached hydrogens (tertiary/aromatic N) is 1. The van der Waals surface area contributed by atoms with Crippen LogP contribution in [0, 0.1) is 5.92 Å². The van der Waals surface area contributed by atoms with E-state index in [2.05, 4.69) is 10.2 Å². The molecule has 1 amide bonds. The highest BCUT2D eigenvalue weighted by atomic mass is 35.5. The number of hydrogen-bond acceptors (Lipinski definition) is 3. The average molecular weight is 393 g/mol. The molecule has 2 aromatic carbocycles. The second-order valence-corrected chi connectivity index (χ2v) is 7.28. The van der Waals surface area contributed by atoms with E-state index < -0.39 is 0 Å². The smallest absolute Gasteiger partial charge is 0.227 e. The third-order valence-corrected chi connectivity index (χ3v) is 5.47. The van der Waals surface area contributed by atoms with Crippen LogP contribution in [-0.4, -0.2) is 31.0 Å². The third kappa shape index (κ3) is 4.70. The van der Waals surface area contributed by atoms with Gasteiger partial charge < -0.3 is 10.1 Å². The fourth-order valence-electron chi connectivity index (χ4n) is 3.18. The van der Waals surface area contributed by atoms with Gasteiger partial charge in [0, 0.05) is 33.8 Å². The number of benzene rings is 2. The van der Waals surface area contributed by atoms with Crippen molar-refractivity contribution in [3.8, 4) is 5.75 Å². The summed E-state index contributed by atoms with van der Waals surface area (Å²) in [4.78, 5) is 14.8. The molecule has 6 heteroatoms. The first kappa shape index (κ1) is 19.0. The van der Waals surface area contributed by atoms with Gasteiger partial charge in [0.1, 0.15) is 5.75 Å². The molecule has 1 aliphatic heterocycles. The van der Waals surface area contributed by atoms with Crippen molar-refractivity contribution in [3.05, 3.63) is 58.1 Å². The molecule has 0 saturated carbocycles. The van der Waals surface area contributed by atoms with E-state index in [0.29, 0.717) is 16.6 Å². The molecular weight excluding hydrogens is 371 g/mol. The van der Waals surface area contributed by atoms with E-state index >= 15 is 0 Å². The Labute approximate surface area is 164 Å². The van der Waals surface area contributed by atoms with Crippen molar-refractivity contribution in [1.82, 2.24) is 4.90 Å². The van der Waals surface area contributed by atoms with Crippen LogP contribution in [0.4, 0.5) is 5.69 Å². The second kappa shape index (κ2) is 8.76. The summed E-state index contributed by atoms with van der Waals surface area (Å²) >= 11 is 12.5. The van der Waals surface area contributed by atoms with E-state index in [1.807, 2.05) is 42.5 Å². The zero-order valence-corrected chi connectivity index (χ0v) is 16.2. The van der Waals surface area contributed by atoms with Crippen LogP contribution in [-0.2, 0) is 11.3 Å². The molecule has 2 aromatic rings. The van der Waals surface area contributed by atoms with E-state index in [9.17, 15) is 4.79 Å². The Hall–Kier alpha value is -1.75. The third-order valence-electron chi connectivity index (χ3n) is 4.76. The first-order valence-corrected chi connectivity index (χ1v) is 9.42. The number of methoxy groups -OCH3 is 1. The number of nitrogens with one attached hydrogen (secondary N) is 1. The van der Waals surface area contributed by atoms with E-state index in [1.165, 1.54) is 0 Å². The van der Waals surface area contributed by atoms with Gasteiger partial charge in [-0.25, -0.2) is 0 Å². The number of ether oxygens (including phenoxy) is 1. The normalized spacial score (nSPS) is 15.7. The maximum atomic E-state index is 12.5. The van der Waals surface area contributed by atoms with Crippen LogP contribution in [0.15, 0.2) is 42.5 Å². The topological polar surface area (TPSA) is 41.6 Å². The number of likely N-dealkylation sites (tertiary alicyclic amines) is 1. The van der Waals surface area contributed by atoms with Crippen molar-refractivity contribution in [2.45, 2.75) is 19.4 Å². The lowest BCUT2D eigenvalue weighted by Crippen LogP contribution is -2.37. The lowest BCUT2D eigenvalue weighted by Gasteiger charge is -2.31. The molecule has 1 N–H and O–H groups in total. The number of carbonyl (C=O) groups is 1. The minimum Gasteiger partial charge on any atom is -0.497 e. The lowest BCUT2D eigenvalue weighted by molar-refractivity contribution is -0.121. The molecule has 1 heterocycles. The molecule has 0 bridgehead atoms. The summed E-state index contributed by atoms with van der Waals surface area (Å²) in [6, 6.07) is 13.0. The summed E-state index contributed by atoms with van der Waals surface area (Å²) in [5.74, 6) is 0.871. The number of anilines is 1. The van der Waals surface area contributed by atoms with E-state index in [0.717, 1.165) is 42.9 Å². The van der Waals surface area contributed by atoms with Crippen molar-refractivity contribution in [1.29, 1.82) is 0 Å². The van der Waals surface area contributed by atoms with Crippen molar-refractivity contribution < 1.29 is 9.53 Å². The van der Waals surface area contributed by atoms with E-state index in [4.69, 9.17) is 27.9 Å². The molecule has 0 aromatic heterocycles. The van der Waals surface area contributed by atoms with Gasteiger partial charge in [0.05, 0.1) is 7.11 Å². The summed E-state index contributed by atoms with van der Waals surface area (Å²) in [7, 11) is 1.62. The Balaban J connectivity index is 1.52. The van der Waals surface area contributed by atoms with Gasteiger partial charge in [-0.2, -0.15) is 0 Å². The molecule has 0 aliphatic carbocycles. The Morgan fingerprint density at radius 2 is 1.73 bits per heavy atom. The number of rotatable bonds is 5. The zero-order chi connectivity index (χ0) is 18.5. The van der Waals surface area contributed by atoms with Crippen LogP contribution in [0.5, 0.6) is 5.75 Å². The zero-order valence-electron chi connectivity index (χ0n) is 14.7. The highest BCUT2D eigenvalue weighted by Crippen LogP contribution is 2.28. The molecule has 3 rings (SSSR count). The fourth-order valence-corrected chi connectivity index (χ4v) is 3.70. The molecule has 0 spiro atoms. The first-order valence-electron chi connectivity index (χ1n) is 8.67. The van der Waals surface area contributed by atoms with Crippen molar-refractivity contribution in [2.24, 2.45) is 5.92 Å². The monoisotopic (exact) mass is 392 g/mol. The minimum absolute atomic E-state index is 0.0232. The van der Waals surface area contributed by atoms with Crippen LogP contribution < -0.4 is 10.1 Å². The Morgan fingerprint density at radius 1 is 1.12 bits per heavy atom. The standard InChI is InChI=1S/C20H22Cl2N2O2/c1-26-16-7-5-15(6-8-16)23-20(25)14-9-11-24(12-10-14)13-17-18(21)3-2-4-19(17)22/h2-8,14H,9-13H2,1H3,(H,23,25). The Morgan fingerprint density at radius 3 is 2.31 bits per heavy atom. The van der Waals surface area contributed by atoms with E-state index in [-0.39, 0.29) is 11.8 Å². The van der Waals surface area contributed by atoms with Gasteiger partial charge in [-0.3, -0.25) is 9.69 Å². The van der Waals surface area contributed by atoms with Gasteiger partial charge >= 0.3 is 0 Å². The maximum Gasteiger partial charge on any atom is 0.227 e. The predicted molar refractivity (Wildman–Crippen MR) is 106 cm³/mol. The van der Waals surface area contributed by atoms with Gasteiger partial charge in [-0.15, -0.1) is 0 Å². The number of halogens is 2. The molecule has 0 atom stereocenters. The second-order valence-electron chi connectivity index (χ2n) is 6.47. The van der Waals surface area contributed by atoms with Gasteiger partial charge in [0.15, 0.2) is 0 Å². The van der Waals surface area contributed by atoms with Crippen molar-refractivity contribution >= 4 is 34.8 Å². The molecule has 1 saturated heterocycles.